The van der Waals surface area contributed by atoms with Gasteiger partial charge in [-0.3, -0.25) is 14.4 Å². The lowest BCUT2D eigenvalue weighted by atomic mass is 9.74. The average Bonchev–Trinajstić information content (AvgIpc) is 3.05. The number of ketones is 2. The molecule has 50 heavy (non-hydrogen) atoms. The summed E-state index contributed by atoms with van der Waals surface area (Å²) < 4.78 is 19.0. The molecule has 268 valence electrons. The van der Waals surface area contributed by atoms with Crippen molar-refractivity contribution < 1.29 is 38.8 Å². The second kappa shape index (κ2) is 12.8. The number of carbonyl (C=O) groups excluding carboxylic acids is 2. The molecule has 0 spiro atoms. The fourth-order valence-electron chi connectivity index (χ4n) is 8.00. The Kier molecular flexibility index (Phi) is 9.24. The summed E-state index contributed by atoms with van der Waals surface area (Å²) in [4.78, 5) is 47.0. The van der Waals surface area contributed by atoms with Gasteiger partial charge in [-0.25, -0.2) is 0 Å². The van der Waals surface area contributed by atoms with Gasteiger partial charge < -0.3 is 39.0 Å². The Labute approximate surface area is 292 Å². The van der Waals surface area contributed by atoms with E-state index in [0.29, 0.717) is 23.1 Å². The maximum Gasteiger partial charge on any atom is 0.202 e. The van der Waals surface area contributed by atoms with Crippen molar-refractivity contribution in [3.05, 3.63) is 79.2 Å². The van der Waals surface area contributed by atoms with Gasteiger partial charge in [0.1, 0.15) is 11.5 Å². The predicted molar refractivity (Wildman–Crippen MR) is 189 cm³/mol. The monoisotopic (exact) mass is 688 g/mol. The van der Waals surface area contributed by atoms with Crippen LogP contribution in [-0.4, -0.2) is 101 Å². The summed E-state index contributed by atoms with van der Waals surface area (Å²) in [6.45, 7) is 10.7. The number of allylic oxidation sites excluding steroid dienone is 2. The van der Waals surface area contributed by atoms with Gasteiger partial charge in [0.15, 0.2) is 16.8 Å². The van der Waals surface area contributed by atoms with Crippen LogP contribution in [0.2, 0.25) is 0 Å². The summed E-state index contributed by atoms with van der Waals surface area (Å²) >= 11 is 0. The third kappa shape index (κ3) is 5.46. The van der Waals surface area contributed by atoms with E-state index in [0.717, 1.165) is 0 Å². The van der Waals surface area contributed by atoms with E-state index in [9.17, 15) is 29.7 Å². The van der Waals surface area contributed by atoms with E-state index < -0.39 is 59.5 Å². The molecule has 2 aliphatic heterocycles. The fourth-order valence-corrected chi connectivity index (χ4v) is 8.00. The Hall–Kier alpha value is -3.71. The SMILES string of the molecule is C/C=C(\C)c1cc(=O)c2c(C)cc3c(c2o1)C(=O)c1c(O)c([C@@H]2C[C@](C)(N(C)C)[C@H](O)[C@H](C)O2)cc([C@H]2C[C@@H](N(C)C)[C@H](O)[C@@H](C)O2)c1C3=O. The molecule has 0 unspecified atom stereocenters. The molecular formula is C39H48N2O9. The zero-order valence-electron chi connectivity index (χ0n) is 30.5. The van der Waals surface area contributed by atoms with Crippen LogP contribution in [0.5, 0.6) is 5.75 Å². The summed E-state index contributed by atoms with van der Waals surface area (Å²) in [5, 5.41) is 34.5. The van der Waals surface area contributed by atoms with E-state index in [4.69, 9.17) is 13.9 Å². The molecule has 11 nitrogen and oxygen atoms in total. The van der Waals surface area contributed by atoms with Crippen LogP contribution in [-0.2, 0) is 9.47 Å². The van der Waals surface area contributed by atoms with Gasteiger partial charge in [-0.1, -0.05) is 6.08 Å². The molecule has 11 heteroatoms. The third-order valence-corrected chi connectivity index (χ3v) is 11.5. The minimum Gasteiger partial charge on any atom is -0.507 e. The van der Waals surface area contributed by atoms with Gasteiger partial charge in [0.25, 0.3) is 0 Å². The summed E-state index contributed by atoms with van der Waals surface area (Å²) in [5.41, 5.74) is 0.492. The number of hydrogen-bond acceptors (Lipinski definition) is 11. The number of likely N-dealkylation sites (N-methyl/N-ethyl adjacent to an activating group) is 2. The highest BCUT2D eigenvalue weighted by molar-refractivity contribution is 6.33. The summed E-state index contributed by atoms with van der Waals surface area (Å²) in [6.07, 6.45) is -2.05. The van der Waals surface area contributed by atoms with Crippen molar-refractivity contribution in [3.63, 3.8) is 0 Å². The zero-order valence-corrected chi connectivity index (χ0v) is 30.5. The lowest BCUT2D eigenvalue weighted by molar-refractivity contribution is -0.176. The van der Waals surface area contributed by atoms with E-state index in [-0.39, 0.29) is 62.4 Å². The van der Waals surface area contributed by atoms with Crippen LogP contribution in [0.4, 0.5) is 0 Å². The molecule has 0 amide bonds. The number of aromatic hydroxyl groups is 1. The van der Waals surface area contributed by atoms with Crippen molar-refractivity contribution in [2.45, 2.75) is 103 Å². The molecule has 1 aliphatic carbocycles. The largest absolute Gasteiger partial charge is 0.507 e. The van der Waals surface area contributed by atoms with Crippen LogP contribution >= 0.6 is 0 Å². The Balaban J connectivity index is 1.65. The van der Waals surface area contributed by atoms with Crippen LogP contribution in [0.25, 0.3) is 16.5 Å². The maximum atomic E-state index is 14.9. The van der Waals surface area contributed by atoms with Crippen molar-refractivity contribution >= 4 is 28.1 Å². The zero-order chi connectivity index (χ0) is 36.7. The van der Waals surface area contributed by atoms with Gasteiger partial charge >= 0.3 is 0 Å². The van der Waals surface area contributed by atoms with E-state index >= 15 is 0 Å². The molecule has 1 aromatic heterocycles. The van der Waals surface area contributed by atoms with Crippen LogP contribution in [0.15, 0.2) is 33.5 Å². The van der Waals surface area contributed by atoms with E-state index in [2.05, 4.69) is 0 Å². The number of rotatable bonds is 5. The minimum absolute atomic E-state index is 0.0102. The Morgan fingerprint density at radius 3 is 2.20 bits per heavy atom. The number of ether oxygens (including phenoxy) is 2. The first kappa shape index (κ1) is 36.1. The van der Waals surface area contributed by atoms with Crippen LogP contribution in [0.1, 0.15) is 114 Å². The fraction of sp³-hybridized carbons (Fsp3) is 0.513. The van der Waals surface area contributed by atoms with Gasteiger partial charge in [0.05, 0.1) is 53.1 Å². The second-order valence-electron chi connectivity index (χ2n) is 14.9. The first-order valence-corrected chi connectivity index (χ1v) is 17.2. The molecule has 3 heterocycles. The Morgan fingerprint density at radius 2 is 1.58 bits per heavy atom. The van der Waals surface area contributed by atoms with Crippen molar-refractivity contribution in [2.24, 2.45) is 0 Å². The van der Waals surface area contributed by atoms with Gasteiger partial charge in [0, 0.05) is 34.3 Å². The number of phenolic OH excluding ortho intramolecular Hbond substituents is 1. The first-order valence-electron chi connectivity index (χ1n) is 17.2. The second-order valence-corrected chi connectivity index (χ2v) is 14.9. The highest BCUT2D eigenvalue weighted by Crippen LogP contribution is 2.49. The summed E-state index contributed by atoms with van der Waals surface area (Å²) in [5.74, 6) is -1.31. The van der Waals surface area contributed by atoms with Crippen molar-refractivity contribution in [1.82, 2.24) is 9.80 Å². The molecular weight excluding hydrogens is 640 g/mol. The molecule has 3 N–H and O–H groups in total. The lowest BCUT2D eigenvalue weighted by Gasteiger charge is -2.49. The third-order valence-electron chi connectivity index (χ3n) is 11.5. The minimum atomic E-state index is -0.847. The Bertz CT molecular complexity index is 2000. The number of phenols is 1. The highest BCUT2D eigenvalue weighted by atomic mass is 16.5. The number of nitrogens with zero attached hydrogens (tertiary/aromatic N) is 2. The first-order chi connectivity index (χ1) is 23.4. The molecule has 2 aromatic carbocycles. The van der Waals surface area contributed by atoms with Gasteiger partial charge in [-0.2, -0.15) is 0 Å². The highest BCUT2D eigenvalue weighted by Gasteiger charge is 2.49. The molecule has 3 aromatic rings. The molecule has 2 saturated heterocycles. The summed E-state index contributed by atoms with van der Waals surface area (Å²) in [7, 11) is 7.46. The summed E-state index contributed by atoms with van der Waals surface area (Å²) in [6, 6.07) is 4.29. The van der Waals surface area contributed by atoms with Gasteiger partial charge in [-0.05, 0) is 111 Å². The van der Waals surface area contributed by atoms with Gasteiger partial charge in [-0.15, -0.1) is 0 Å². The lowest BCUT2D eigenvalue weighted by Crippen LogP contribution is -2.59. The maximum absolute atomic E-state index is 14.9. The number of fused-ring (bicyclic) bond motifs is 4. The molecule has 3 aliphatic rings. The van der Waals surface area contributed by atoms with Crippen molar-refractivity contribution in [2.75, 3.05) is 28.2 Å². The number of aliphatic hydroxyl groups is 2. The predicted octanol–water partition coefficient (Wildman–Crippen LogP) is 4.68. The standard InChI is InChI=1S/C39H48N2O9/c1-11-17(2)26-15-25(42)29-18(3)12-23-31(37(29)50-26)36(46)32-30(35(23)45)21(27-14-24(40(7)8)33(43)19(4)48-27)13-22(34(32)44)28-16-39(6,41(9)10)38(47)20(5)49-28/h11-13,15,19-20,24,27-28,33,38,43-44,47H,14,16H2,1-10H3/b17-11+/t19-,20+,24-,27-,28+,33-,38-,39+/m1/s1. The molecule has 8 atom stereocenters. The van der Waals surface area contributed by atoms with Crippen LogP contribution < -0.4 is 5.43 Å². The van der Waals surface area contributed by atoms with Crippen molar-refractivity contribution in [1.29, 1.82) is 0 Å². The quantitative estimate of drug-likeness (QED) is 0.268. The van der Waals surface area contributed by atoms with Gasteiger partial charge in [0.2, 0.25) is 5.78 Å². The van der Waals surface area contributed by atoms with Crippen LogP contribution in [0.3, 0.4) is 0 Å². The van der Waals surface area contributed by atoms with Crippen molar-refractivity contribution in [3.8, 4) is 5.75 Å². The Morgan fingerprint density at radius 1 is 0.920 bits per heavy atom. The van der Waals surface area contributed by atoms with Crippen LogP contribution in [0, 0.1) is 6.92 Å². The smallest absolute Gasteiger partial charge is 0.202 e. The van der Waals surface area contributed by atoms with E-state index in [1.807, 2.05) is 44.9 Å². The van der Waals surface area contributed by atoms with E-state index in [1.54, 1.807) is 52.8 Å². The average molecular weight is 689 g/mol. The molecule has 2 fully saturated rings. The molecule has 6 rings (SSSR count). The molecule has 0 saturated carbocycles. The molecule has 0 bridgehead atoms. The number of hydrogen-bond donors (Lipinski definition) is 3. The molecule has 0 radical (unpaired) electrons. The topological polar surface area (TPSA) is 150 Å². The number of aryl methyl sites for hydroxylation is 1. The van der Waals surface area contributed by atoms with E-state index in [1.165, 1.54) is 6.07 Å². The number of benzene rings is 2. The number of carbonyl (C=O) groups is 2. The normalized spacial score (nSPS) is 30.3. The number of aliphatic hydroxyl groups excluding tert-OH is 2.